The van der Waals surface area contributed by atoms with Gasteiger partial charge < -0.3 is 20.6 Å². The van der Waals surface area contributed by atoms with Crippen LogP contribution in [0.25, 0.3) is 11.0 Å². The highest BCUT2D eigenvalue weighted by molar-refractivity contribution is 5.77. The van der Waals surface area contributed by atoms with Gasteiger partial charge in [-0.2, -0.15) is 0 Å². The molecule has 4 N–H and O–H groups in total. The van der Waals surface area contributed by atoms with E-state index in [4.69, 9.17) is 5.73 Å². The molecule has 1 aliphatic heterocycles. The Morgan fingerprint density at radius 2 is 2.12 bits per heavy atom. The van der Waals surface area contributed by atoms with Crippen molar-refractivity contribution in [3.63, 3.8) is 0 Å². The van der Waals surface area contributed by atoms with Crippen LogP contribution in [0.15, 0.2) is 23.0 Å². The number of carbonyl (C=O) groups excluding carboxylic acids is 1. The summed E-state index contributed by atoms with van der Waals surface area (Å²) in [4.78, 5) is 31.3. The van der Waals surface area contributed by atoms with E-state index in [1.807, 2.05) is 23.1 Å². The SMILES string of the molecule is C[C@H]1CCCN(C(=O)CCCc2ccc3[nH]c(=O)[nH]c3c2)[C@H]1CN. The van der Waals surface area contributed by atoms with Crippen molar-refractivity contribution < 1.29 is 4.79 Å². The Labute approximate surface area is 141 Å². The van der Waals surface area contributed by atoms with E-state index in [-0.39, 0.29) is 17.6 Å². The minimum atomic E-state index is -0.190. The van der Waals surface area contributed by atoms with Crippen LogP contribution >= 0.6 is 0 Å². The van der Waals surface area contributed by atoms with Crippen molar-refractivity contribution in [2.24, 2.45) is 11.7 Å². The molecular formula is C18H26N4O2. The average molecular weight is 330 g/mol. The molecule has 0 unspecified atom stereocenters. The van der Waals surface area contributed by atoms with Crippen molar-refractivity contribution in [3.05, 3.63) is 34.2 Å². The molecule has 2 heterocycles. The number of amides is 1. The number of H-pyrrole nitrogens is 2. The summed E-state index contributed by atoms with van der Waals surface area (Å²) in [5.41, 5.74) is 8.44. The number of imidazole rings is 1. The van der Waals surface area contributed by atoms with Crippen LogP contribution in [0, 0.1) is 5.92 Å². The predicted octanol–water partition coefficient (Wildman–Crippen LogP) is 1.76. The van der Waals surface area contributed by atoms with Crippen LogP contribution in [0.1, 0.15) is 38.2 Å². The number of rotatable bonds is 5. The van der Waals surface area contributed by atoms with Gasteiger partial charge in [-0.3, -0.25) is 4.79 Å². The first-order valence-electron chi connectivity index (χ1n) is 8.79. The summed E-state index contributed by atoms with van der Waals surface area (Å²) >= 11 is 0. The van der Waals surface area contributed by atoms with Crippen LogP contribution in [0.3, 0.4) is 0 Å². The van der Waals surface area contributed by atoms with E-state index in [9.17, 15) is 9.59 Å². The number of nitrogens with zero attached hydrogens (tertiary/aromatic N) is 1. The predicted molar refractivity (Wildman–Crippen MR) is 94.8 cm³/mol. The van der Waals surface area contributed by atoms with Crippen LogP contribution in [-0.4, -0.2) is 39.9 Å². The number of hydrogen-bond donors (Lipinski definition) is 3. The second kappa shape index (κ2) is 7.21. The van der Waals surface area contributed by atoms with Crippen LogP contribution in [0.5, 0.6) is 0 Å². The fourth-order valence-corrected chi connectivity index (χ4v) is 3.74. The van der Waals surface area contributed by atoms with Crippen LogP contribution < -0.4 is 11.4 Å². The molecule has 0 radical (unpaired) electrons. The first-order chi connectivity index (χ1) is 11.6. The number of nitrogens with one attached hydrogen (secondary N) is 2. The molecule has 1 amide bonds. The Kier molecular flexibility index (Phi) is 5.04. The van der Waals surface area contributed by atoms with Crippen molar-refractivity contribution >= 4 is 16.9 Å². The molecule has 0 bridgehead atoms. The summed E-state index contributed by atoms with van der Waals surface area (Å²) in [5, 5.41) is 0. The molecule has 2 atom stereocenters. The lowest BCUT2D eigenvalue weighted by atomic mass is 9.90. The van der Waals surface area contributed by atoms with Gasteiger partial charge >= 0.3 is 5.69 Å². The third-order valence-corrected chi connectivity index (χ3v) is 5.11. The average Bonchev–Trinajstić information content (AvgIpc) is 2.93. The maximum atomic E-state index is 12.5. The standard InChI is InChI=1S/C18H26N4O2/c1-12-4-3-9-22(16(12)11-19)17(23)6-2-5-13-7-8-14-15(10-13)21-18(24)20-14/h7-8,10,12,16H,2-6,9,11,19H2,1H3,(H2,20,21,24)/t12-,16-/m0/s1. The van der Waals surface area contributed by atoms with Gasteiger partial charge in [0.25, 0.3) is 0 Å². The number of benzene rings is 1. The van der Waals surface area contributed by atoms with Gasteiger partial charge in [0.15, 0.2) is 0 Å². The lowest BCUT2D eigenvalue weighted by molar-refractivity contribution is -0.136. The van der Waals surface area contributed by atoms with Gasteiger partial charge in [0.1, 0.15) is 0 Å². The molecule has 1 aliphatic rings. The zero-order valence-electron chi connectivity index (χ0n) is 14.2. The van der Waals surface area contributed by atoms with E-state index in [0.717, 1.165) is 48.8 Å². The third kappa shape index (κ3) is 3.53. The molecule has 24 heavy (non-hydrogen) atoms. The minimum absolute atomic E-state index is 0.188. The molecule has 6 heteroatoms. The van der Waals surface area contributed by atoms with E-state index in [1.54, 1.807) is 0 Å². The number of hydrogen-bond acceptors (Lipinski definition) is 3. The smallest absolute Gasteiger partial charge is 0.323 e. The number of aryl methyl sites for hydroxylation is 1. The Bertz CT molecular complexity index is 764. The molecule has 1 aromatic carbocycles. The molecule has 0 spiro atoms. The van der Waals surface area contributed by atoms with Gasteiger partial charge in [-0.25, -0.2) is 4.79 Å². The van der Waals surface area contributed by atoms with Crippen LogP contribution in [0.2, 0.25) is 0 Å². The fourth-order valence-electron chi connectivity index (χ4n) is 3.74. The summed E-state index contributed by atoms with van der Waals surface area (Å²) in [5.74, 6) is 0.702. The van der Waals surface area contributed by atoms with Gasteiger partial charge in [0, 0.05) is 25.6 Å². The molecule has 1 saturated heterocycles. The Morgan fingerprint density at radius 1 is 1.33 bits per heavy atom. The lowest BCUT2D eigenvalue weighted by Crippen LogP contribution is -2.51. The van der Waals surface area contributed by atoms with Crippen LogP contribution in [-0.2, 0) is 11.2 Å². The largest absolute Gasteiger partial charge is 0.338 e. The molecule has 6 nitrogen and oxygen atoms in total. The molecule has 130 valence electrons. The van der Waals surface area contributed by atoms with Crippen molar-refractivity contribution in [1.29, 1.82) is 0 Å². The topological polar surface area (TPSA) is 95.0 Å². The van der Waals surface area contributed by atoms with Gasteiger partial charge in [0.05, 0.1) is 11.0 Å². The second-order valence-corrected chi connectivity index (χ2v) is 6.82. The quantitative estimate of drug-likeness (QED) is 0.779. The summed E-state index contributed by atoms with van der Waals surface area (Å²) in [6.45, 7) is 3.57. The van der Waals surface area contributed by atoms with E-state index in [0.29, 0.717) is 18.9 Å². The van der Waals surface area contributed by atoms with E-state index >= 15 is 0 Å². The maximum Gasteiger partial charge on any atom is 0.323 e. The zero-order valence-corrected chi connectivity index (χ0v) is 14.2. The maximum absolute atomic E-state index is 12.5. The number of likely N-dealkylation sites (tertiary alicyclic amines) is 1. The van der Waals surface area contributed by atoms with E-state index < -0.39 is 0 Å². The number of carbonyl (C=O) groups is 1. The summed E-state index contributed by atoms with van der Waals surface area (Å²) < 4.78 is 0. The number of nitrogens with two attached hydrogens (primary N) is 1. The number of aromatic nitrogens is 2. The lowest BCUT2D eigenvalue weighted by Gasteiger charge is -2.39. The van der Waals surface area contributed by atoms with Crippen molar-refractivity contribution in [2.45, 2.75) is 45.1 Å². The molecular weight excluding hydrogens is 304 g/mol. The van der Waals surface area contributed by atoms with Gasteiger partial charge in [-0.1, -0.05) is 13.0 Å². The first kappa shape index (κ1) is 16.8. The number of aromatic amines is 2. The van der Waals surface area contributed by atoms with Crippen molar-refractivity contribution in [3.8, 4) is 0 Å². The third-order valence-electron chi connectivity index (χ3n) is 5.11. The monoisotopic (exact) mass is 330 g/mol. The Morgan fingerprint density at radius 3 is 2.92 bits per heavy atom. The fraction of sp³-hybridized carbons (Fsp3) is 0.556. The molecule has 1 fully saturated rings. The van der Waals surface area contributed by atoms with Crippen molar-refractivity contribution in [2.75, 3.05) is 13.1 Å². The zero-order chi connectivity index (χ0) is 17.1. The molecule has 1 aromatic heterocycles. The summed E-state index contributed by atoms with van der Waals surface area (Å²) in [6, 6.07) is 6.07. The molecule has 2 aromatic rings. The summed E-state index contributed by atoms with van der Waals surface area (Å²) in [6.07, 6.45) is 4.40. The van der Waals surface area contributed by atoms with Crippen LogP contribution in [0.4, 0.5) is 0 Å². The highest BCUT2D eigenvalue weighted by atomic mass is 16.2. The number of piperidine rings is 1. The van der Waals surface area contributed by atoms with Gasteiger partial charge in [0.2, 0.25) is 5.91 Å². The van der Waals surface area contributed by atoms with Gasteiger partial charge in [-0.05, 0) is 49.3 Å². The highest BCUT2D eigenvalue weighted by Crippen LogP contribution is 2.23. The first-order valence-corrected chi connectivity index (χ1v) is 8.79. The minimum Gasteiger partial charge on any atom is -0.338 e. The second-order valence-electron chi connectivity index (χ2n) is 6.82. The van der Waals surface area contributed by atoms with E-state index in [2.05, 4.69) is 16.9 Å². The Balaban J connectivity index is 1.56. The highest BCUT2D eigenvalue weighted by Gasteiger charge is 2.30. The Hall–Kier alpha value is -2.08. The van der Waals surface area contributed by atoms with Gasteiger partial charge in [-0.15, -0.1) is 0 Å². The summed E-state index contributed by atoms with van der Waals surface area (Å²) in [7, 11) is 0. The normalized spacial score (nSPS) is 21.3. The van der Waals surface area contributed by atoms with E-state index in [1.165, 1.54) is 0 Å². The molecule has 0 saturated carbocycles. The number of fused-ring (bicyclic) bond motifs is 1. The molecule has 3 rings (SSSR count). The van der Waals surface area contributed by atoms with Crippen molar-refractivity contribution in [1.82, 2.24) is 14.9 Å². The molecule has 0 aliphatic carbocycles.